The van der Waals surface area contributed by atoms with Gasteiger partial charge in [0.1, 0.15) is 12.4 Å². The lowest BCUT2D eigenvalue weighted by molar-refractivity contribution is -0.165. The topological polar surface area (TPSA) is 76.7 Å². The lowest BCUT2D eigenvalue weighted by Crippen LogP contribution is -2.51. The number of hydrogen-bond donors (Lipinski definition) is 1. The Hall–Kier alpha value is -3.34. The molecule has 2 atom stereocenters. The molecule has 1 aliphatic carbocycles. The molecule has 0 radical (unpaired) electrons. The van der Waals surface area contributed by atoms with E-state index in [1.165, 1.54) is 6.26 Å². The van der Waals surface area contributed by atoms with Crippen LogP contribution in [-0.2, 0) is 20.9 Å². The van der Waals surface area contributed by atoms with Gasteiger partial charge in [-0.3, -0.25) is 9.59 Å². The zero-order chi connectivity index (χ0) is 19.5. The van der Waals surface area contributed by atoms with E-state index in [-0.39, 0.29) is 6.61 Å². The largest absolute Gasteiger partial charge is 0.481 e. The zero-order valence-electron chi connectivity index (χ0n) is 15.1. The first-order chi connectivity index (χ1) is 13.7. The van der Waals surface area contributed by atoms with Crippen molar-refractivity contribution in [1.29, 1.82) is 0 Å². The lowest BCUT2D eigenvalue weighted by atomic mass is 9.52. The van der Waals surface area contributed by atoms with Crippen LogP contribution >= 0.6 is 0 Å². The Morgan fingerprint density at radius 2 is 1.39 bits per heavy atom. The van der Waals surface area contributed by atoms with Gasteiger partial charge in [0.05, 0.1) is 18.1 Å². The highest BCUT2D eigenvalue weighted by Crippen LogP contribution is 2.58. The molecule has 5 nitrogen and oxygen atoms in total. The van der Waals surface area contributed by atoms with E-state index in [1.807, 2.05) is 60.7 Å². The van der Waals surface area contributed by atoms with E-state index in [0.29, 0.717) is 5.76 Å². The van der Waals surface area contributed by atoms with E-state index in [1.54, 1.807) is 12.1 Å². The first-order valence-corrected chi connectivity index (χ1v) is 9.18. The van der Waals surface area contributed by atoms with Gasteiger partial charge in [-0.05, 0) is 23.3 Å². The summed E-state index contributed by atoms with van der Waals surface area (Å²) in [4.78, 5) is 25.1. The number of ether oxygens (including phenoxy) is 1. The Morgan fingerprint density at radius 3 is 1.86 bits per heavy atom. The summed E-state index contributed by atoms with van der Waals surface area (Å²) >= 11 is 0. The molecular formula is C23H20O5. The summed E-state index contributed by atoms with van der Waals surface area (Å²) in [5.74, 6) is -2.89. The second-order valence-electron chi connectivity index (χ2n) is 6.95. The highest BCUT2D eigenvalue weighted by Gasteiger charge is 2.59. The minimum absolute atomic E-state index is 0.0308. The molecule has 0 amide bonds. The van der Waals surface area contributed by atoms with Crippen LogP contribution in [0.15, 0.2) is 83.5 Å². The molecule has 0 bridgehead atoms. The molecule has 1 N–H and O–H groups in total. The number of carboxylic acid groups (broad SMARTS) is 1. The van der Waals surface area contributed by atoms with Crippen molar-refractivity contribution >= 4 is 11.9 Å². The SMILES string of the molecule is O=C(O)C1[C@H](c2ccccc2)C(C(=O)OCc2ccco2)[C@H]1c1ccccc1. The molecule has 1 heterocycles. The zero-order valence-corrected chi connectivity index (χ0v) is 15.1. The van der Waals surface area contributed by atoms with Gasteiger partial charge in [0.15, 0.2) is 0 Å². The third-order valence-corrected chi connectivity index (χ3v) is 5.41. The standard InChI is InChI=1S/C23H20O5/c24-22(25)20-18(15-8-3-1-4-9-15)21(19(20)16-10-5-2-6-11-16)23(26)28-14-17-12-7-13-27-17/h1-13,18-21H,14H2,(H,24,25)/t18-,19-,20?,21?/m0/s1. The molecule has 0 spiro atoms. The molecule has 2 aromatic carbocycles. The van der Waals surface area contributed by atoms with Crippen LogP contribution in [0.4, 0.5) is 0 Å². The summed E-state index contributed by atoms with van der Waals surface area (Å²) in [6, 6.07) is 22.1. The minimum atomic E-state index is -0.905. The summed E-state index contributed by atoms with van der Waals surface area (Å²) in [6.07, 6.45) is 1.52. The van der Waals surface area contributed by atoms with E-state index in [0.717, 1.165) is 11.1 Å². The van der Waals surface area contributed by atoms with Crippen molar-refractivity contribution in [3.63, 3.8) is 0 Å². The van der Waals surface area contributed by atoms with E-state index in [9.17, 15) is 14.7 Å². The number of furan rings is 1. The van der Waals surface area contributed by atoms with Gasteiger partial charge in [-0.25, -0.2) is 0 Å². The van der Waals surface area contributed by atoms with Gasteiger partial charge in [0.2, 0.25) is 0 Å². The molecule has 1 saturated carbocycles. The third kappa shape index (κ3) is 3.31. The maximum atomic E-state index is 13.0. The molecule has 3 aromatic rings. The number of carboxylic acids is 1. The second-order valence-corrected chi connectivity index (χ2v) is 6.95. The van der Waals surface area contributed by atoms with Crippen LogP contribution < -0.4 is 0 Å². The average molecular weight is 376 g/mol. The number of hydrogen-bond acceptors (Lipinski definition) is 4. The molecule has 5 heteroatoms. The quantitative estimate of drug-likeness (QED) is 0.652. The molecule has 1 aromatic heterocycles. The van der Waals surface area contributed by atoms with E-state index < -0.39 is 35.6 Å². The fraction of sp³-hybridized carbons (Fsp3) is 0.217. The second kappa shape index (κ2) is 7.72. The molecule has 0 saturated heterocycles. The average Bonchev–Trinajstić information content (AvgIpc) is 3.21. The van der Waals surface area contributed by atoms with Crippen LogP contribution in [0.1, 0.15) is 28.7 Å². The van der Waals surface area contributed by atoms with Gasteiger partial charge >= 0.3 is 11.9 Å². The number of carbonyl (C=O) groups is 2. The first kappa shape index (κ1) is 18.0. The van der Waals surface area contributed by atoms with Crippen molar-refractivity contribution in [3.8, 4) is 0 Å². The van der Waals surface area contributed by atoms with E-state index in [2.05, 4.69) is 0 Å². The number of benzene rings is 2. The van der Waals surface area contributed by atoms with Crippen molar-refractivity contribution in [2.45, 2.75) is 18.4 Å². The summed E-state index contributed by atoms with van der Waals surface area (Å²) in [5.41, 5.74) is 1.67. The minimum Gasteiger partial charge on any atom is -0.481 e. The Bertz CT molecular complexity index is 886. The normalized spacial score (nSPS) is 23.6. The van der Waals surface area contributed by atoms with Gasteiger partial charge < -0.3 is 14.3 Å². The van der Waals surface area contributed by atoms with Crippen molar-refractivity contribution in [3.05, 3.63) is 95.9 Å². The van der Waals surface area contributed by atoms with Gasteiger partial charge in [-0.1, -0.05) is 60.7 Å². The number of aliphatic carboxylic acids is 1. The maximum Gasteiger partial charge on any atom is 0.310 e. The predicted octanol–water partition coefficient (Wildman–Crippen LogP) is 4.22. The monoisotopic (exact) mass is 376 g/mol. The van der Waals surface area contributed by atoms with Crippen molar-refractivity contribution in [2.24, 2.45) is 11.8 Å². The predicted molar refractivity (Wildman–Crippen MR) is 101 cm³/mol. The summed E-state index contributed by atoms with van der Waals surface area (Å²) in [7, 11) is 0. The Morgan fingerprint density at radius 1 is 0.821 bits per heavy atom. The highest BCUT2D eigenvalue weighted by atomic mass is 16.5. The summed E-state index contributed by atoms with van der Waals surface area (Å²) in [5, 5.41) is 9.91. The smallest absolute Gasteiger partial charge is 0.310 e. The Balaban J connectivity index is 1.66. The highest BCUT2D eigenvalue weighted by molar-refractivity contribution is 5.84. The van der Waals surface area contributed by atoms with Crippen molar-refractivity contribution in [2.75, 3.05) is 0 Å². The van der Waals surface area contributed by atoms with E-state index >= 15 is 0 Å². The van der Waals surface area contributed by atoms with E-state index in [4.69, 9.17) is 9.15 Å². The molecule has 28 heavy (non-hydrogen) atoms. The summed E-state index contributed by atoms with van der Waals surface area (Å²) in [6.45, 7) is 0.0308. The van der Waals surface area contributed by atoms with Gasteiger partial charge in [0.25, 0.3) is 0 Å². The van der Waals surface area contributed by atoms with Crippen LogP contribution in [0.3, 0.4) is 0 Å². The Kier molecular flexibility index (Phi) is 4.98. The molecule has 1 aliphatic rings. The maximum absolute atomic E-state index is 13.0. The van der Waals surface area contributed by atoms with Crippen LogP contribution in [0.25, 0.3) is 0 Å². The van der Waals surface area contributed by atoms with Crippen molar-refractivity contribution < 1.29 is 23.8 Å². The lowest BCUT2D eigenvalue weighted by Gasteiger charge is -2.49. The van der Waals surface area contributed by atoms with Crippen LogP contribution in [0, 0.1) is 11.8 Å². The molecule has 0 unspecified atom stereocenters. The van der Waals surface area contributed by atoms with Gasteiger partial charge in [-0.2, -0.15) is 0 Å². The Labute approximate surface area is 162 Å². The fourth-order valence-electron chi connectivity index (χ4n) is 4.16. The van der Waals surface area contributed by atoms with Gasteiger partial charge in [-0.15, -0.1) is 0 Å². The summed E-state index contributed by atoms with van der Waals surface area (Å²) < 4.78 is 10.7. The third-order valence-electron chi connectivity index (χ3n) is 5.41. The number of carbonyl (C=O) groups excluding carboxylic acids is 1. The molecular weight excluding hydrogens is 356 g/mol. The fourth-order valence-corrected chi connectivity index (χ4v) is 4.16. The van der Waals surface area contributed by atoms with Crippen LogP contribution in [0.5, 0.6) is 0 Å². The van der Waals surface area contributed by atoms with Crippen molar-refractivity contribution in [1.82, 2.24) is 0 Å². The molecule has 4 rings (SSSR count). The number of esters is 1. The molecule has 142 valence electrons. The molecule has 0 aliphatic heterocycles. The van der Waals surface area contributed by atoms with Crippen LogP contribution in [0.2, 0.25) is 0 Å². The molecule has 1 fully saturated rings. The van der Waals surface area contributed by atoms with Crippen LogP contribution in [-0.4, -0.2) is 17.0 Å². The number of rotatable bonds is 6. The first-order valence-electron chi connectivity index (χ1n) is 9.18. The van der Waals surface area contributed by atoms with Gasteiger partial charge in [0, 0.05) is 11.8 Å².